The van der Waals surface area contributed by atoms with Crippen molar-refractivity contribution in [1.29, 1.82) is 0 Å². The molecule has 0 spiro atoms. The van der Waals surface area contributed by atoms with Crippen LogP contribution < -0.4 is 10.1 Å². The number of ether oxygens (including phenoxy) is 1. The molecule has 1 unspecified atom stereocenters. The number of methoxy groups -OCH3 is 1. The first-order valence-corrected chi connectivity index (χ1v) is 6.02. The van der Waals surface area contributed by atoms with E-state index in [4.69, 9.17) is 9.26 Å². The number of nitrogens with zero attached hydrogens (tertiary/aromatic N) is 2. The minimum atomic E-state index is 0.341. The Kier molecular flexibility index (Phi) is 2.98. The average molecular weight is 245 g/mol. The topological polar surface area (TPSA) is 60.2 Å². The largest absolute Gasteiger partial charge is 0.497 e. The van der Waals surface area contributed by atoms with Gasteiger partial charge in [-0.2, -0.15) is 4.98 Å². The van der Waals surface area contributed by atoms with Crippen molar-refractivity contribution >= 4 is 0 Å². The van der Waals surface area contributed by atoms with E-state index in [1.807, 2.05) is 6.07 Å². The van der Waals surface area contributed by atoms with Gasteiger partial charge in [0, 0.05) is 6.04 Å². The van der Waals surface area contributed by atoms with Crippen LogP contribution in [0.2, 0.25) is 0 Å². The standard InChI is InChI=1S/C13H15N3O2/c1-17-10-4-2-9-3-5-12(11(9)6-10)14-7-13-15-8-18-16-13/h2,4,6,8,12,14H,3,5,7H2,1H3. The van der Waals surface area contributed by atoms with Gasteiger partial charge in [0.25, 0.3) is 0 Å². The normalized spacial score (nSPS) is 17.7. The van der Waals surface area contributed by atoms with Crippen molar-refractivity contribution in [3.63, 3.8) is 0 Å². The number of hydrogen-bond acceptors (Lipinski definition) is 5. The Morgan fingerprint density at radius 3 is 3.22 bits per heavy atom. The van der Waals surface area contributed by atoms with Gasteiger partial charge < -0.3 is 14.6 Å². The summed E-state index contributed by atoms with van der Waals surface area (Å²) >= 11 is 0. The van der Waals surface area contributed by atoms with Crippen molar-refractivity contribution in [2.75, 3.05) is 7.11 Å². The van der Waals surface area contributed by atoms with Gasteiger partial charge in [-0.05, 0) is 36.1 Å². The van der Waals surface area contributed by atoms with Crippen LogP contribution in [0, 0.1) is 0 Å². The van der Waals surface area contributed by atoms with E-state index >= 15 is 0 Å². The third-order valence-corrected chi connectivity index (χ3v) is 3.34. The zero-order valence-electron chi connectivity index (χ0n) is 10.2. The van der Waals surface area contributed by atoms with Gasteiger partial charge in [0.1, 0.15) is 5.75 Å². The lowest BCUT2D eigenvalue weighted by Gasteiger charge is -2.13. The van der Waals surface area contributed by atoms with Gasteiger partial charge in [0.15, 0.2) is 5.82 Å². The van der Waals surface area contributed by atoms with Crippen molar-refractivity contribution < 1.29 is 9.26 Å². The molecule has 1 N–H and O–H groups in total. The van der Waals surface area contributed by atoms with Gasteiger partial charge >= 0.3 is 0 Å². The fraction of sp³-hybridized carbons (Fsp3) is 0.385. The summed E-state index contributed by atoms with van der Waals surface area (Å²) in [6.45, 7) is 0.623. The Balaban J connectivity index is 1.73. The van der Waals surface area contributed by atoms with Crippen molar-refractivity contribution in [2.24, 2.45) is 0 Å². The molecule has 94 valence electrons. The fourth-order valence-corrected chi connectivity index (χ4v) is 2.40. The van der Waals surface area contributed by atoms with Gasteiger partial charge in [-0.15, -0.1) is 0 Å². The third kappa shape index (κ3) is 2.09. The number of rotatable bonds is 4. The molecule has 0 aliphatic heterocycles. The van der Waals surface area contributed by atoms with Crippen LogP contribution in [0.4, 0.5) is 0 Å². The molecule has 3 rings (SSSR count). The number of aromatic nitrogens is 2. The summed E-state index contributed by atoms with van der Waals surface area (Å²) in [7, 11) is 1.69. The molecule has 1 aliphatic carbocycles. The lowest BCUT2D eigenvalue weighted by molar-refractivity contribution is 0.402. The maximum atomic E-state index is 5.27. The molecular formula is C13H15N3O2. The lowest BCUT2D eigenvalue weighted by atomic mass is 10.1. The molecule has 18 heavy (non-hydrogen) atoms. The molecule has 0 fully saturated rings. The Labute approximate surface area is 105 Å². The molecule has 0 radical (unpaired) electrons. The lowest BCUT2D eigenvalue weighted by Crippen LogP contribution is -2.19. The Hall–Kier alpha value is -1.88. The van der Waals surface area contributed by atoms with E-state index in [9.17, 15) is 0 Å². The number of nitrogens with one attached hydrogen (secondary N) is 1. The number of hydrogen-bond donors (Lipinski definition) is 1. The van der Waals surface area contributed by atoms with E-state index in [0.29, 0.717) is 18.4 Å². The molecule has 5 heteroatoms. The van der Waals surface area contributed by atoms with E-state index in [-0.39, 0.29) is 0 Å². The number of fused-ring (bicyclic) bond motifs is 1. The van der Waals surface area contributed by atoms with Gasteiger partial charge in [0.2, 0.25) is 6.39 Å². The summed E-state index contributed by atoms with van der Waals surface area (Å²) in [5.41, 5.74) is 2.71. The zero-order valence-corrected chi connectivity index (χ0v) is 10.2. The van der Waals surface area contributed by atoms with Crippen LogP contribution in [-0.4, -0.2) is 17.3 Å². The smallest absolute Gasteiger partial charge is 0.213 e. The number of aryl methyl sites for hydroxylation is 1. The van der Waals surface area contributed by atoms with Gasteiger partial charge in [-0.3, -0.25) is 0 Å². The highest BCUT2D eigenvalue weighted by molar-refractivity contribution is 5.40. The minimum absolute atomic E-state index is 0.341. The van der Waals surface area contributed by atoms with Gasteiger partial charge in [-0.25, -0.2) is 0 Å². The first-order chi connectivity index (χ1) is 8.86. The monoisotopic (exact) mass is 245 g/mol. The van der Waals surface area contributed by atoms with E-state index in [1.165, 1.54) is 17.5 Å². The van der Waals surface area contributed by atoms with E-state index in [1.54, 1.807) is 7.11 Å². The quantitative estimate of drug-likeness (QED) is 0.890. The van der Waals surface area contributed by atoms with Crippen LogP contribution in [0.25, 0.3) is 0 Å². The molecule has 1 atom stereocenters. The molecule has 0 saturated heterocycles. The maximum absolute atomic E-state index is 5.27. The molecule has 0 amide bonds. The predicted molar refractivity (Wildman–Crippen MR) is 65.2 cm³/mol. The SMILES string of the molecule is COc1ccc2c(c1)C(NCc1ncon1)CC2. The van der Waals surface area contributed by atoms with Crippen molar-refractivity contribution in [3.8, 4) is 5.75 Å². The van der Waals surface area contributed by atoms with Crippen LogP contribution in [0.15, 0.2) is 29.1 Å². The van der Waals surface area contributed by atoms with E-state index in [0.717, 1.165) is 18.6 Å². The predicted octanol–water partition coefficient (Wildman–Crippen LogP) is 1.86. The van der Waals surface area contributed by atoms with Crippen LogP contribution in [0.5, 0.6) is 5.75 Å². The highest BCUT2D eigenvalue weighted by atomic mass is 16.5. The molecule has 1 aromatic heterocycles. The first kappa shape index (κ1) is 11.2. The molecule has 0 saturated carbocycles. The highest BCUT2D eigenvalue weighted by Crippen LogP contribution is 2.33. The first-order valence-electron chi connectivity index (χ1n) is 6.02. The Morgan fingerprint density at radius 2 is 2.44 bits per heavy atom. The Bertz CT molecular complexity index is 525. The van der Waals surface area contributed by atoms with Crippen molar-refractivity contribution in [1.82, 2.24) is 15.5 Å². The second kappa shape index (κ2) is 4.78. The maximum Gasteiger partial charge on any atom is 0.213 e. The summed E-state index contributed by atoms with van der Waals surface area (Å²) in [4.78, 5) is 4.00. The second-order valence-electron chi connectivity index (χ2n) is 4.38. The van der Waals surface area contributed by atoms with Crippen LogP contribution in [-0.2, 0) is 13.0 Å². The van der Waals surface area contributed by atoms with Crippen LogP contribution >= 0.6 is 0 Å². The molecule has 5 nitrogen and oxygen atoms in total. The molecule has 2 aromatic rings. The van der Waals surface area contributed by atoms with Crippen LogP contribution in [0.1, 0.15) is 29.4 Å². The molecule has 0 bridgehead atoms. The van der Waals surface area contributed by atoms with E-state index in [2.05, 4.69) is 27.6 Å². The molecule has 1 aliphatic rings. The molecule has 1 aromatic carbocycles. The van der Waals surface area contributed by atoms with Crippen molar-refractivity contribution in [2.45, 2.75) is 25.4 Å². The second-order valence-corrected chi connectivity index (χ2v) is 4.38. The zero-order chi connectivity index (χ0) is 12.4. The minimum Gasteiger partial charge on any atom is -0.497 e. The Morgan fingerprint density at radius 1 is 1.50 bits per heavy atom. The van der Waals surface area contributed by atoms with Crippen molar-refractivity contribution in [3.05, 3.63) is 41.5 Å². The molecule has 1 heterocycles. The summed E-state index contributed by atoms with van der Waals surface area (Å²) < 4.78 is 9.99. The van der Waals surface area contributed by atoms with Gasteiger partial charge in [-0.1, -0.05) is 11.2 Å². The summed E-state index contributed by atoms with van der Waals surface area (Å²) in [5.74, 6) is 1.59. The van der Waals surface area contributed by atoms with Gasteiger partial charge in [0.05, 0.1) is 13.7 Å². The third-order valence-electron chi connectivity index (χ3n) is 3.34. The fourth-order valence-electron chi connectivity index (χ4n) is 2.40. The molecular weight excluding hydrogens is 230 g/mol. The van der Waals surface area contributed by atoms with E-state index < -0.39 is 0 Å². The van der Waals surface area contributed by atoms with Crippen LogP contribution in [0.3, 0.4) is 0 Å². The average Bonchev–Trinajstić information content (AvgIpc) is 3.05. The number of benzene rings is 1. The summed E-state index contributed by atoms with van der Waals surface area (Å²) in [6, 6.07) is 6.61. The highest BCUT2D eigenvalue weighted by Gasteiger charge is 2.22. The summed E-state index contributed by atoms with van der Waals surface area (Å²) in [5, 5.41) is 7.24. The summed E-state index contributed by atoms with van der Waals surface area (Å²) in [6.07, 6.45) is 3.55.